The minimum Gasteiger partial charge on any atom is -0.469 e. The summed E-state index contributed by atoms with van der Waals surface area (Å²) < 4.78 is 5.34. The topological polar surface area (TPSA) is 85.4 Å². The molecule has 0 spiro atoms. The summed E-state index contributed by atoms with van der Waals surface area (Å²) in [5, 5.41) is 13.9. The van der Waals surface area contributed by atoms with Crippen LogP contribution < -0.4 is 5.32 Å². The molecule has 1 fully saturated rings. The number of carbonyl (C=O) groups excluding carboxylic acids is 1. The van der Waals surface area contributed by atoms with E-state index < -0.39 is 4.92 Å². The van der Waals surface area contributed by atoms with Gasteiger partial charge in [0.05, 0.1) is 17.2 Å². The average molecular weight is 314 g/mol. The van der Waals surface area contributed by atoms with Crippen molar-refractivity contribution >= 4 is 11.6 Å². The van der Waals surface area contributed by atoms with Gasteiger partial charge in [0, 0.05) is 24.0 Å². The number of rotatable bonds is 6. The first-order chi connectivity index (χ1) is 11.1. The highest BCUT2D eigenvalue weighted by molar-refractivity contribution is 5.83. The van der Waals surface area contributed by atoms with Crippen molar-refractivity contribution in [2.24, 2.45) is 5.92 Å². The summed E-state index contributed by atoms with van der Waals surface area (Å²) in [4.78, 5) is 22.8. The normalized spacial score (nSPS) is 20.7. The lowest BCUT2D eigenvalue weighted by molar-refractivity contribution is -0.384. The molecule has 120 valence electrons. The van der Waals surface area contributed by atoms with Gasteiger partial charge in [-0.1, -0.05) is 19.1 Å². The highest BCUT2D eigenvalue weighted by Crippen LogP contribution is 2.48. The van der Waals surface area contributed by atoms with Crippen molar-refractivity contribution in [2.45, 2.75) is 31.7 Å². The van der Waals surface area contributed by atoms with E-state index in [2.05, 4.69) is 5.32 Å². The summed E-state index contributed by atoms with van der Waals surface area (Å²) in [5.74, 6) is 0.889. The molecule has 23 heavy (non-hydrogen) atoms. The zero-order chi connectivity index (χ0) is 16.4. The lowest BCUT2D eigenvalue weighted by Crippen LogP contribution is -2.29. The average Bonchev–Trinajstić information content (AvgIpc) is 3.18. The summed E-state index contributed by atoms with van der Waals surface area (Å²) >= 11 is 0. The van der Waals surface area contributed by atoms with E-state index in [-0.39, 0.29) is 29.5 Å². The molecular formula is C17H18N2O4. The number of benzene rings is 1. The van der Waals surface area contributed by atoms with Gasteiger partial charge in [0.15, 0.2) is 0 Å². The Balaban J connectivity index is 1.67. The number of carbonyl (C=O) groups is 1. The Morgan fingerprint density at radius 2 is 2.26 bits per heavy atom. The van der Waals surface area contributed by atoms with Crippen molar-refractivity contribution in [3.8, 4) is 0 Å². The van der Waals surface area contributed by atoms with Crippen molar-refractivity contribution in [1.82, 2.24) is 5.32 Å². The van der Waals surface area contributed by atoms with Gasteiger partial charge in [0.1, 0.15) is 5.76 Å². The third-order valence-electron chi connectivity index (χ3n) is 4.24. The van der Waals surface area contributed by atoms with Gasteiger partial charge in [-0.25, -0.2) is 0 Å². The molecule has 1 N–H and O–H groups in total. The lowest BCUT2D eigenvalue weighted by Gasteiger charge is -2.17. The molecule has 0 bridgehead atoms. The van der Waals surface area contributed by atoms with Gasteiger partial charge in [0.2, 0.25) is 5.91 Å². The second kappa shape index (κ2) is 6.24. The van der Waals surface area contributed by atoms with Crippen LogP contribution in [0, 0.1) is 16.0 Å². The van der Waals surface area contributed by atoms with Crippen molar-refractivity contribution < 1.29 is 14.1 Å². The van der Waals surface area contributed by atoms with Crippen LogP contribution in [0.2, 0.25) is 0 Å². The molecule has 0 radical (unpaired) electrons. The van der Waals surface area contributed by atoms with Crippen LogP contribution in [0.1, 0.15) is 43.0 Å². The Labute approximate surface area is 133 Å². The lowest BCUT2D eigenvalue weighted by atomic mass is 10.0. The Hall–Kier alpha value is -2.63. The zero-order valence-electron chi connectivity index (χ0n) is 12.8. The van der Waals surface area contributed by atoms with E-state index in [4.69, 9.17) is 4.42 Å². The Bertz CT molecular complexity index is 711. The predicted molar refractivity (Wildman–Crippen MR) is 83.8 cm³/mol. The smallest absolute Gasteiger partial charge is 0.269 e. The second-order valence-electron chi connectivity index (χ2n) is 5.79. The molecule has 3 atom stereocenters. The van der Waals surface area contributed by atoms with Crippen molar-refractivity contribution in [1.29, 1.82) is 0 Å². The molecule has 1 aromatic carbocycles. The second-order valence-corrected chi connectivity index (χ2v) is 5.79. The molecule has 1 heterocycles. The molecule has 0 saturated heterocycles. The Morgan fingerprint density at radius 1 is 1.43 bits per heavy atom. The number of furan rings is 1. The van der Waals surface area contributed by atoms with Crippen LogP contribution in [0.5, 0.6) is 0 Å². The van der Waals surface area contributed by atoms with E-state index in [0.29, 0.717) is 6.42 Å². The van der Waals surface area contributed by atoms with Crippen molar-refractivity contribution in [3.63, 3.8) is 0 Å². The van der Waals surface area contributed by atoms with Gasteiger partial charge in [-0.15, -0.1) is 0 Å². The van der Waals surface area contributed by atoms with E-state index in [9.17, 15) is 14.9 Å². The molecule has 0 aliphatic heterocycles. The first kappa shape index (κ1) is 15.3. The third-order valence-corrected chi connectivity index (χ3v) is 4.24. The fourth-order valence-corrected chi connectivity index (χ4v) is 2.86. The Morgan fingerprint density at radius 3 is 2.91 bits per heavy atom. The minimum atomic E-state index is -0.425. The van der Waals surface area contributed by atoms with E-state index in [1.165, 1.54) is 12.1 Å². The van der Waals surface area contributed by atoms with E-state index in [1.54, 1.807) is 18.4 Å². The van der Waals surface area contributed by atoms with Gasteiger partial charge < -0.3 is 9.73 Å². The fraction of sp³-hybridized carbons (Fsp3) is 0.353. The SMILES string of the molecule is CC[C@H](NC(=O)[C@@H]1C[C@@H]1c1ccco1)c1cccc([N+](=O)[O-])c1. The number of amides is 1. The van der Waals surface area contributed by atoms with E-state index in [0.717, 1.165) is 17.7 Å². The maximum absolute atomic E-state index is 12.4. The minimum absolute atomic E-state index is 0.0234. The van der Waals surface area contributed by atoms with Crippen LogP contribution in [0.15, 0.2) is 47.1 Å². The number of hydrogen-bond acceptors (Lipinski definition) is 4. The number of nitro benzene ring substituents is 1. The van der Waals surface area contributed by atoms with Crippen LogP contribution in [-0.4, -0.2) is 10.8 Å². The highest BCUT2D eigenvalue weighted by atomic mass is 16.6. The number of nitrogens with one attached hydrogen (secondary N) is 1. The molecule has 0 unspecified atom stereocenters. The highest BCUT2D eigenvalue weighted by Gasteiger charge is 2.46. The Kier molecular flexibility index (Phi) is 4.14. The van der Waals surface area contributed by atoms with Crippen LogP contribution in [0.4, 0.5) is 5.69 Å². The molecule has 2 aromatic rings. The largest absolute Gasteiger partial charge is 0.469 e. The summed E-state index contributed by atoms with van der Waals surface area (Å²) in [6.07, 6.45) is 3.07. The molecule has 1 aromatic heterocycles. The molecule has 1 amide bonds. The van der Waals surface area contributed by atoms with E-state index >= 15 is 0 Å². The number of nitro groups is 1. The summed E-state index contributed by atoms with van der Waals surface area (Å²) in [5.41, 5.74) is 0.792. The summed E-state index contributed by atoms with van der Waals surface area (Å²) in [7, 11) is 0. The number of nitrogens with zero attached hydrogens (tertiary/aromatic N) is 1. The molecule has 1 saturated carbocycles. The van der Waals surface area contributed by atoms with Crippen molar-refractivity contribution in [3.05, 3.63) is 64.1 Å². The van der Waals surface area contributed by atoms with Gasteiger partial charge in [0.25, 0.3) is 5.69 Å². The molecule has 6 heteroatoms. The first-order valence-electron chi connectivity index (χ1n) is 7.68. The zero-order valence-corrected chi connectivity index (χ0v) is 12.8. The fourth-order valence-electron chi connectivity index (χ4n) is 2.86. The maximum Gasteiger partial charge on any atom is 0.269 e. The monoisotopic (exact) mass is 314 g/mol. The molecule has 1 aliphatic carbocycles. The van der Waals surface area contributed by atoms with E-state index in [1.807, 2.05) is 19.1 Å². The predicted octanol–water partition coefficient (Wildman–Crippen LogP) is 3.56. The molecule has 1 aliphatic rings. The maximum atomic E-state index is 12.4. The van der Waals surface area contributed by atoms with Crippen LogP contribution >= 0.6 is 0 Å². The summed E-state index contributed by atoms with van der Waals surface area (Å²) in [6, 6.07) is 9.90. The molecule has 6 nitrogen and oxygen atoms in total. The molecular weight excluding hydrogens is 296 g/mol. The number of non-ortho nitro benzene ring substituents is 1. The summed E-state index contributed by atoms with van der Waals surface area (Å²) in [6.45, 7) is 1.95. The van der Waals surface area contributed by atoms with Gasteiger partial charge in [-0.2, -0.15) is 0 Å². The van der Waals surface area contributed by atoms with Crippen molar-refractivity contribution in [2.75, 3.05) is 0 Å². The molecule has 3 rings (SSSR count). The van der Waals surface area contributed by atoms with Gasteiger partial charge in [-0.3, -0.25) is 14.9 Å². The number of hydrogen-bond donors (Lipinski definition) is 1. The third kappa shape index (κ3) is 3.26. The van der Waals surface area contributed by atoms with Crippen LogP contribution in [-0.2, 0) is 4.79 Å². The van der Waals surface area contributed by atoms with Crippen LogP contribution in [0.3, 0.4) is 0 Å². The quantitative estimate of drug-likeness (QED) is 0.652. The first-order valence-corrected chi connectivity index (χ1v) is 7.68. The van der Waals surface area contributed by atoms with Crippen LogP contribution in [0.25, 0.3) is 0 Å². The van der Waals surface area contributed by atoms with Gasteiger partial charge in [-0.05, 0) is 30.5 Å². The standard InChI is InChI=1S/C17H18N2O4/c1-2-15(11-5-3-6-12(9-11)19(21)22)18-17(20)14-10-13(14)16-7-4-8-23-16/h3-9,13-15H,2,10H2,1H3,(H,18,20)/t13-,14+,15-/m0/s1. The van der Waals surface area contributed by atoms with Gasteiger partial charge >= 0.3 is 0 Å².